The minimum atomic E-state index is -0.845. The number of rotatable bonds is 2. The third-order valence-corrected chi connectivity index (χ3v) is 1.85. The first-order valence-electron chi connectivity index (χ1n) is 3.64. The van der Waals surface area contributed by atoms with Crippen molar-refractivity contribution in [2.45, 2.75) is 26.0 Å². The van der Waals surface area contributed by atoms with Crippen LogP contribution in [0.5, 0.6) is 0 Å². The van der Waals surface area contributed by atoms with Gasteiger partial charge < -0.3 is 5.11 Å². The molecule has 0 spiro atoms. The Balaban J connectivity index is 2.39. The van der Waals surface area contributed by atoms with Crippen molar-refractivity contribution in [2.75, 3.05) is 13.1 Å². The van der Waals surface area contributed by atoms with Crippen LogP contribution in [0.4, 0.5) is 0 Å². The van der Waals surface area contributed by atoms with E-state index >= 15 is 0 Å². The van der Waals surface area contributed by atoms with Crippen LogP contribution < -0.4 is 0 Å². The molecule has 0 amide bonds. The highest BCUT2D eigenvalue weighted by Crippen LogP contribution is 2.10. The van der Waals surface area contributed by atoms with Gasteiger partial charge in [0.15, 0.2) is 12.0 Å². The summed E-state index contributed by atoms with van der Waals surface area (Å²) in [6, 6.07) is 0. The van der Waals surface area contributed by atoms with E-state index in [0.29, 0.717) is 0 Å². The largest absolute Gasteiger partial charge is 0.371 e. The van der Waals surface area contributed by atoms with Gasteiger partial charge in [0.2, 0.25) is 0 Å². The Bertz CT molecular complexity index is 130. The Morgan fingerprint density at radius 3 is 2.40 bits per heavy atom. The highest BCUT2D eigenvalue weighted by atomic mass is 16.3. The number of carbonyl (C=O) groups is 1. The van der Waals surface area contributed by atoms with Gasteiger partial charge in [-0.25, -0.2) is 0 Å². The summed E-state index contributed by atoms with van der Waals surface area (Å²) in [5.41, 5.74) is 0. The molecule has 0 aliphatic carbocycles. The van der Waals surface area contributed by atoms with Gasteiger partial charge in [0.25, 0.3) is 0 Å². The lowest BCUT2D eigenvalue weighted by atomic mass is 10.3. The van der Waals surface area contributed by atoms with E-state index in [1.54, 1.807) is 0 Å². The number of hydrogen-bond donors (Lipinski definition) is 1. The van der Waals surface area contributed by atoms with E-state index in [4.69, 9.17) is 0 Å². The number of likely N-dealkylation sites (tertiary alicyclic amines) is 1. The van der Waals surface area contributed by atoms with E-state index in [-0.39, 0.29) is 5.78 Å². The maximum atomic E-state index is 10.6. The zero-order chi connectivity index (χ0) is 7.56. The van der Waals surface area contributed by atoms with Gasteiger partial charge in [-0.1, -0.05) is 0 Å². The van der Waals surface area contributed by atoms with E-state index in [1.165, 1.54) is 6.92 Å². The van der Waals surface area contributed by atoms with Crippen LogP contribution in [0.2, 0.25) is 0 Å². The molecule has 3 heteroatoms. The molecule has 58 valence electrons. The molecule has 0 aromatic heterocycles. The Kier molecular flexibility index (Phi) is 2.40. The van der Waals surface area contributed by atoms with Gasteiger partial charge in [-0.15, -0.1) is 0 Å². The minimum absolute atomic E-state index is 0.151. The highest BCUT2D eigenvalue weighted by molar-refractivity contribution is 5.79. The molecule has 0 bridgehead atoms. The third-order valence-electron chi connectivity index (χ3n) is 1.85. The first-order chi connectivity index (χ1) is 4.72. The van der Waals surface area contributed by atoms with Crippen LogP contribution in [-0.2, 0) is 4.79 Å². The number of aliphatic hydroxyl groups is 1. The van der Waals surface area contributed by atoms with E-state index in [2.05, 4.69) is 0 Å². The van der Waals surface area contributed by atoms with E-state index in [9.17, 15) is 9.90 Å². The smallest absolute Gasteiger partial charge is 0.173 e. The molecule has 1 fully saturated rings. The molecule has 1 heterocycles. The SMILES string of the molecule is CC(=O)C(O)N1CCCC1. The average Bonchev–Trinajstić information content (AvgIpc) is 2.36. The fraction of sp³-hybridized carbons (Fsp3) is 0.857. The van der Waals surface area contributed by atoms with Crippen LogP contribution in [0.1, 0.15) is 19.8 Å². The molecule has 1 saturated heterocycles. The van der Waals surface area contributed by atoms with Crippen LogP contribution in [0, 0.1) is 0 Å². The first-order valence-corrected chi connectivity index (χ1v) is 3.64. The van der Waals surface area contributed by atoms with Gasteiger partial charge in [0.05, 0.1) is 0 Å². The maximum Gasteiger partial charge on any atom is 0.173 e. The van der Waals surface area contributed by atoms with Crippen molar-refractivity contribution in [3.8, 4) is 0 Å². The number of nitrogens with zero attached hydrogens (tertiary/aromatic N) is 1. The summed E-state index contributed by atoms with van der Waals surface area (Å²) in [7, 11) is 0. The van der Waals surface area contributed by atoms with E-state index in [1.807, 2.05) is 4.90 Å². The summed E-state index contributed by atoms with van der Waals surface area (Å²) in [6.07, 6.45) is 1.36. The quantitative estimate of drug-likeness (QED) is 0.591. The van der Waals surface area contributed by atoms with Crippen molar-refractivity contribution in [2.24, 2.45) is 0 Å². The van der Waals surface area contributed by atoms with Gasteiger partial charge >= 0.3 is 0 Å². The summed E-state index contributed by atoms with van der Waals surface area (Å²) >= 11 is 0. The molecule has 0 aromatic rings. The zero-order valence-electron chi connectivity index (χ0n) is 6.21. The summed E-state index contributed by atoms with van der Waals surface area (Å²) in [6.45, 7) is 3.14. The molecule has 0 radical (unpaired) electrons. The van der Waals surface area contributed by atoms with Gasteiger partial charge in [0, 0.05) is 13.1 Å². The molecule has 1 atom stereocenters. The molecular formula is C7H13NO2. The van der Waals surface area contributed by atoms with E-state index in [0.717, 1.165) is 25.9 Å². The number of hydrogen-bond acceptors (Lipinski definition) is 3. The molecule has 0 saturated carbocycles. The molecule has 3 nitrogen and oxygen atoms in total. The maximum absolute atomic E-state index is 10.6. The monoisotopic (exact) mass is 143 g/mol. The Morgan fingerprint density at radius 2 is 2.00 bits per heavy atom. The molecule has 1 rings (SSSR count). The van der Waals surface area contributed by atoms with Gasteiger partial charge in [-0.2, -0.15) is 0 Å². The van der Waals surface area contributed by atoms with Crippen molar-refractivity contribution >= 4 is 5.78 Å². The molecule has 1 unspecified atom stereocenters. The predicted molar refractivity (Wildman–Crippen MR) is 37.5 cm³/mol. The van der Waals surface area contributed by atoms with Crippen LogP contribution in [-0.4, -0.2) is 35.1 Å². The van der Waals surface area contributed by atoms with Gasteiger partial charge in [0.1, 0.15) is 0 Å². The molecule has 10 heavy (non-hydrogen) atoms. The molecule has 1 aliphatic rings. The van der Waals surface area contributed by atoms with Crippen molar-refractivity contribution in [3.63, 3.8) is 0 Å². The number of aliphatic hydroxyl groups excluding tert-OH is 1. The average molecular weight is 143 g/mol. The van der Waals surface area contributed by atoms with Crippen LogP contribution in [0.3, 0.4) is 0 Å². The summed E-state index contributed by atoms with van der Waals surface area (Å²) in [5.74, 6) is -0.151. The van der Waals surface area contributed by atoms with E-state index < -0.39 is 6.23 Å². The van der Waals surface area contributed by atoms with Crippen molar-refractivity contribution < 1.29 is 9.90 Å². The second-order valence-corrected chi connectivity index (χ2v) is 2.73. The lowest BCUT2D eigenvalue weighted by Gasteiger charge is -2.18. The normalized spacial score (nSPS) is 23.0. The van der Waals surface area contributed by atoms with Gasteiger partial charge in [-0.3, -0.25) is 9.69 Å². The molecule has 1 N–H and O–H groups in total. The summed E-state index contributed by atoms with van der Waals surface area (Å²) in [4.78, 5) is 12.4. The number of carbonyl (C=O) groups excluding carboxylic acids is 1. The summed E-state index contributed by atoms with van der Waals surface area (Å²) in [5, 5.41) is 9.20. The first kappa shape index (κ1) is 7.69. The lowest BCUT2D eigenvalue weighted by Crippen LogP contribution is -2.37. The fourth-order valence-corrected chi connectivity index (χ4v) is 1.24. The minimum Gasteiger partial charge on any atom is -0.371 e. The van der Waals surface area contributed by atoms with Gasteiger partial charge in [-0.05, 0) is 19.8 Å². The number of ketones is 1. The predicted octanol–water partition coefficient (Wildman–Crippen LogP) is -0.0104. The van der Waals surface area contributed by atoms with Crippen molar-refractivity contribution in [1.82, 2.24) is 4.90 Å². The second-order valence-electron chi connectivity index (χ2n) is 2.73. The van der Waals surface area contributed by atoms with Crippen LogP contribution in [0.15, 0.2) is 0 Å². The standard InChI is InChI=1S/C7H13NO2/c1-6(9)7(10)8-4-2-3-5-8/h7,10H,2-5H2,1H3. The second kappa shape index (κ2) is 3.12. The topological polar surface area (TPSA) is 40.5 Å². The van der Waals surface area contributed by atoms with Crippen molar-refractivity contribution in [1.29, 1.82) is 0 Å². The molecule has 1 aliphatic heterocycles. The Morgan fingerprint density at radius 1 is 1.50 bits per heavy atom. The zero-order valence-corrected chi connectivity index (χ0v) is 6.21. The van der Waals surface area contributed by atoms with Crippen LogP contribution in [0.25, 0.3) is 0 Å². The Labute approximate surface area is 60.6 Å². The van der Waals surface area contributed by atoms with Crippen LogP contribution >= 0.6 is 0 Å². The fourth-order valence-electron chi connectivity index (χ4n) is 1.24. The Hall–Kier alpha value is -0.410. The summed E-state index contributed by atoms with van der Waals surface area (Å²) < 4.78 is 0. The number of Topliss-reactive ketones (excluding diaryl/α,β-unsaturated/α-hetero) is 1. The molecular weight excluding hydrogens is 130 g/mol. The third kappa shape index (κ3) is 1.55. The van der Waals surface area contributed by atoms with Crippen molar-refractivity contribution in [3.05, 3.63) is 0 Å². The highest BCUT2D eigenvalue weighted by Gasteiger charge is 2.22. The molecule has 0 aromatic carbocycles. The lowest BCUT2D eigenvalue weighted by molar-refractivity contribution is -0.133.